The van der Waals surface area contributed by atoms with Gasteiger partial charge >= 0.3 is 0 Å². The Morgan fingerprint density at radius 1 is 1.17 bits per heavy atom. The lowest BCUT2D eigenvalue weighted by atomic mass is 10.2. The summed E-state index contributed by atoms with van der Waals surface area (Å²) in [4.78, 5) is 14.2. The Bertz CT molecular complexity index is 649. The highest BCUT2D eigenvalue weighted by atomic mass is 35.5. The maximum absolute atomic E-state index is 12.3. The second-order valence-corrected chi connectivity index (χ2v) is 6.03. The van der Waals surface area contributed by atoms with Gasteiger partial charge in [-0.25, -0.2) is 0 Å². The molecular weight excluding hydrogens is 324 g/mol. The fourth-order valence-corrected chi connectivity index (χ4v) is 2.39. The van der Waals surface area contributed by atoms with Gasteiger partial charge in [0, 0.05) is 18.1 Å². The number of likely N-dealkylation sites (N-methyl/N-ethyl adjacent to an activating group) is 1. The van der Waals surface area contributed by atoms with Crippen LogP contribution in [0.15, 0.2) is 54.6 Å². The summed E-state index contributed by atoms with van der Waals surface area (Å²) in [6.07, 6.45) is 0. The molecule has 2 rings (SSSR count). The molecule has 0 saturated carbocycles. The number of para-hydroxylation sites is 1. The highest BCUT2D eigenvalue weighted by Crippen LogP contribution is 2.14. The van der Waals surface area contributed by atoms with Gasteiger partial charge in [0.15, 0.2) is 0 Å². The van der Waals surface area contributed by atoms with Gasteiger partial charge in [-0.2, -0.15) is 0 Å². The van der Waals surface area contributed by atoms with Crippen LogP contribution in [0.2, 0.25) is 5.02 Å². The molecule has 0 spiro atoms. The average molecular weight is 347 g/mol. The van der Waals surface area contributed by atoms with Crippen molar-refractivity contribution in [2.75, 3.05) is 20.2 Å². The zero-order valence-electron chi connectivity index (χ0n) is 14.0. The van der Waals surface area contributed by atoms with Gasteiger partial charge < -0.3 is 10.1 Å². The van der Waals surface area contributed by atoms with E-state index in [1.807, 2.05) is 73.5 Å². The molecule has 0 heterocycles. The standard InChI is InChI=1S/C19H23ClN2O2/c1-15(19(23)21-14-16-8-6-7-11-18(16)20)22(2)12-13-24-17-9-4-3-5-10-17/h3-11,15H,12-14H2,1-2H3,(H,21,23). The first kappa shape index (κ1) is 18.3. The van der Waals surface area contributed by atoms with E-state index in [1.54, 1.807) is 0 Å². The van der Waals surface area contributed by atoms with Gasteiger partial charge in [0.2, 0.25) is 5.91 Å². The van der Waals surface area contributed by atoms with E-state index in [4.69, 9.17) is 16.3 Å². The van der Waals surface area contributed by atoms with E-state index in [2.05, 4.69) is 5.32 Å². The van der Waals surface area contributed by atoms with E-state index in [0.29, 0.717) is 24.7 Å². The number of benzene rings is 2. The second kappa shape index (κ2) is 9.30. The number of ether oxygens (including phenoxy) is 1. The zero-order chi connectivity index (χ0) is 17.4. The van der Waals surface area contributed by atoms with Crippen molar-refractivity contribution in [2.24, 2.45) is 0 Å². The van der Waals surface area contributed by atoms with E-state index < -0.39 is 0 Å². The van der Waals surface area contributed by atoms with Crippen LogP contribution in [0.1, 0.15) is 12.5 Å². The van der Waals surface area contributed by atoms with Crippen LogP contribution >= 0.6 is 11.6 Å². The minimum atomic E-state index is -0.244. The van der Waals surface area contributed by atoms with E-state index >= 15 is 0 Å². The molecule has 0 aliphatic rings. The maximum atomic E-state index is 12.3. The van der Waals surface area contributed by atoms with Crippen LogP contribution in [0.3, 0.4) is 0 Å². The lowest BCUT2D eigenvalue weighted by Gasteiger charge is -2.24. The summed E-state index contributed by atoms with van der Waals surface area (Å²) in [6, 6.07) is 16.9. The van der Waals surface area contributed by atoms with Gasteiger partial charge in [-0.15, -0.1) is 0 Å². The molecule has 0 aliphatic carbocycles. The van der Waals surface area contributed by atoms with Gasteiger partial charge in [0.1, 0.15) is 12.4 Å². The number of nitrogens with zero attached hydrogens (tertiary/aromatic N) is 1. The topological polar surface area (TPSA) is 41.6 Å². The van der Waals surface area contributed by atoms with Gasteiger partial charge in [0.25, 0.3) is 0 Å². The van der Waals surface area contributed by atoms with Crippen molar-refractivity contribution in [2.45, 2.75) is 19.5 Å². The number of hydrogen-bond acceptors (Lipinski definition) is 3. The predicted octanol–water partition coefficient (Wildman–Crippen LogP) is 3.36. The number of halogens is 1. The number of carbonyl (C=O) groups excluding carboxylic acids is 1. The van der Waals surface area contributed by atoms with Crippen LogP contribution < -0.4 is 10.1 Å². The monoisotopic (exact) mass is 346 g/mol. The van der Waals surface area contributed by atoms with Crippen molar-refractivity contribution in [3.8, 4) is 5.75 Å². The van der Waals surface area contributed by atoms with E-state index in [-0.39, 0.29) is 11.9 Å². The molecule has 2 aromatic carbocycles. The Labute approximate surface area is 148 Å². The molecule has 0 bridgehead atoms. The lowest BCUT2D eigenvalue weighted by molar-refractivity contribution is -0.125. The van der Waals surface area contributed by atoms with E-state index in [9.17, 15) is 4.79 Å². The summed E-state index contributed by atoms with van der Waals surface area (Å²) in [5, 5.41) is 3.58. The van der Waals surface area contributed by atoms with Crippen LogP contribution in [0, 0.1) is 0 Å². The lowest BCUT2D eigenvalue weighted by Crippen LogP contribution is -2.44. The second-order valence-electron chi connectivity index (χ2n) is 5.63. The SMILES string of the molecule is CC(C(=O)NCc1ccccc1Cl)N(C)CCOc1ccccc1. The fraction of sp³-hybridized carbons (Fsp3) is 0.316. The highest BCUT2D eigenvalue weighted by Gasteiger charge is 2.17. The third-order valence-corrected chi connectivity index (χ3v) is 4.28. The summed E-state index contributed by atoms with van der Waals surface area (Å²) in [5.74, 6) is 0.804. The van der Waals surface area contributed by atoms with Crippen LogP contribution in [-0.4, -0.2) is 37.0 Å². The van der Waals surface area contributed by atoms with Crippen LogP contribution in [0.5, 0.6) is 5.75 Å². The van der Waals surface area contributed by atoms with Crippen molar-refractivity contribution in [1.29, 1.82) is 0 Å². The first-order chi connectivity index (χ1) is 11.6. The first-order valence-corrected chi connectivity index (χ1v) is 8.35. The van der Waals surface area contributed by atoms with Crippen molar-refractivity contribution in [3.63, 3.8) is 0 Å². The highest BCUT2D eigenvalue weighted by molar-refractivity contribution is 6.31. The van der Waals surface area contributed by atoms with Crippen LogP contribution in [0.25, 0.3) is 0 Å². The molecule has 0 radical (unpaired) electrons. The number of rotatable bonds is 8. The first-order valence-electron chi connectivity index (χ1n) is 7.97. The molecule has 1 N–H and O–H groups in total. The van der Waals surface area contributed by atoms with Gasteiger partial charge in [-0.1, -0.05) is 48.0 Å². The minimum Gasteiger partial charge on any atom is -0.492 e. The molecule has 24 heavy (non-hydrogen) atoms. The number of nitrogens with one attached hydrogen (secondary N) is 1. The summed E-state index contributed by atoms with van der Waals surface area (Å²) in [5.41, 5.74) is 0.912. The smallest absolute Gasteiger partial charge is 0.237 e. The Balaban J connectivity index is 1.74. The van der Waals surface area contributed by atoms with Crippen molar-refractivity contribution in [1.82, 2.24) is 10.2 Å². The molecule has 0 aromatic heterocycles. The molecule has 0 fully saturated rings. The molecular formula is C19H23ClN2O2. The predicted molar refractivity (Wildman–Crippen MR) is 97.3 cm³/mol. The normalized spacial score (nSPS) is 12.0. The third-order valence-electron chi connectivity index (χ3n) is 3.91. The van der Waals surface area contributed by atoms with Crippen molar-refractivity contribution in [3.05, 3.63) is 65.2 Å². The third kappa shape index (κ3) is 5.55. The minimum absolute atomic E-state index is 0.0304. The summed E-state index contributed by atoms with van der Waals surface area (Å²) in [7, 11) is 1.91. The molecule has 1 amide bonds. The molecule has 1 atom stereocenters. The van der Waals surface area contributed by atoms with Crippen molar-refractivity contribution < 1.29 is 9.53 Å². The van der Waals surface area contributed by atoms with Gasteiger partial charge in [-0.3, -0.25) is 9.69 Å². The van der Waals surface area contributed by atoms with Crippen LogP contribution in [0.4, 0.5) is 0 Å². The Hall–Kier alpha value is -2.04. The Morgan fingerprint density at radius 2 is 1.83 bits per heavy atom. The molecule has 0 saturated heterocycles. The van der Waals surface area contributed by atoms with Crippen LogP contribution in [-0.2, 0) is 11.3 Å². The number of carbonyl (C=O) groups is 1. The molecule has 1 unspecified atom stereocenters. The zero-order valence-corrected chi connectivity index (χ0v) is 14.8. The Kier molecular flexibility index (Phi) is 7.09. The van der Waals surface area contributed by atoms with Crippen molar-refractivity contribution >= 4 is 17.5 Å². The summed E-state index contributed by atoms with van der Waals surface area (Å²) in [6.45, 7) is 3.50. The number of hydrogen-bond donors (Lipinski definition) is 1. The Morgan fingerprint density at radius 3 is 2.54 bits per heavy atom. The summed E-state index contributed by atoms with van der Waals surface area (Å²) >= 11 is 6.10. The number of amides is 1. The average Bonchev–Trinajstić information content (AvgIpc) is 2.61. The largest absolute Gasteiger partial charge is 0.492 e. The molecule has 0 aliphatic heterocycles. The molecule has 2 aromatic rings. The maximum Gasteiger partial charge on any atom is 0.237 e. The van der Waals surface area contributed by atoms with E-state index in [1.165, 1.54) is 0 Å². The van der Waals surface area contributed by atoms with E-state index in [0.717, 1.165) is 11.3 Å². The quantitative estimate of drug-likeness (QED) is 0.797. The molecule has 4 nitrogen and oxygen atoms in total. The molecule has 128 valence electrons. The molecule has 5 heteroatoms. The fourth-order valence-electron chi connectivity index (χ4n) is 2.19. The van der Waals surface area contributed by atoms with Gasteiger partial charge in [0.05, 0.1) is 6.04 Å². The van der Waals surface area contributed by atoms with Gasteiger partial charge in [-0.05, 0) is 37.7 Å². The summed E-state index contributed by atoms with van der Waals surface area (Å²) < 4.78 is 5.66.